The maximum absolute atomic E-state index is 5.18. The molecular weight excluding hydrogens is 663 g/mol. The van der Waals surface area contributed by atoms with Gasteiger partial charge in [-0.15, -0.1) is 0 Å². The second-order valence-corrected chi connectivity index (χ2v) is 16.0. The highest BCUT2D eigenvalue weighted by molar-refractivity contribution is 6.10. The monoisotopic (exact) mass is 697 g/mol. The molecule has 6 aromatic carbocycles. The molecule has 0 fully saturated rings. The maximum Gasteiger partial charge on any atom is 0.0753 e. The summed E-state index contributed by atoms with van der Waals surface area (Å²) in [5.41, 5.74) is 19.4. The predicted octanol–water partition coefficient (Wildman–Crippen LogP) is 12.8. The Labute approximate surface area is 320 Å². The van der Waals surface area contributed by atoms with E-state index >= 15 is 0 Å². The van der Waals surface area contributed by atoms with Gasteiger partial charge in [-0.3, -0.25) is 4.98 Å². The van der Waals surface area contributed by atoms with Crippen molar-refractivity contribution in [1.82, 2.24) is 4.98 Å². The van der Waals surface area contributed by atoms with Crippen molar-refractivity contribution in [2.75, 3.05) is 0 Å². The molecule has 1 aromatic heterocycles. The molecule has 55 heavy (non-hydrogen) atoms. The second-order valence-electron chi connectivity index (χ2n) is 16.0. The number of allylic oxidation sites excluding steroid dienone is 11. The van der Waals surface area contributed by atoms with Crippen LogP contribution in [0.2, 0.25) is 0 Å². The van der Waals surface area contributed by atoms with Gasteiger partial charge in [-0.05, 0) is 107 Å². The summed E-state index contributed by atoms with van der Waals surface area (Å²) in [6.45, 7) is 0. The lowest BCUT2D eigenvalue weighted by molar-refractivity contribution is 0.590. The Morgan fingerprint density at radius 3 is 2.42 bits per heavy atom. The van der Waals surface area contributed by atoms with E-state index in [-0.39, 0.29) is 5.92 Å². The number of hydrogen-bond donors (Lipinski definition) is 0. The van der Waals surface area contributed by atoms with Crippen LogP contribution in [-0.4, -0.2) is 4.98 Å². The molecule has 4 unspecified atom stereocenters. The highest BCUT2D eigenvalue weighted by atomic mass is 14.7. The van der Waals surface area contributed by atoms with Gasteiger partial charge in [-0.25, -0.2) is 0 Å². The quantitative estimate of drug-likeness (QED) is 0.175. The largest absolute Gasteiger partial charge is 0.256 e. The van der Waals surface area contributed by atoms with E-state index in [4.69, 9.17) is 4.98 Å². The molecule has 0 radical (unpaired) electrons. The van der Waals surface area contributed by atoms with Gasteiger partial charge in [0.2, 0.25) is 0 Å². The summed E-state index contributed by atoms with van der Waals surface area (Å²) in [5.74, 6) is 1.11. The van der Waals surface area contributed by atoms with E-state index in [0.29, 0.717) is 11.8 Å². The molecule has 0 amide bonds. The lowest BCUT2D eigenvalue weighted by Gasteiger charge is -2.39. The first-order chi connectivity index (χ1) is 27.3. The van der Waals surface area contributed by atoms with Crippen LogP contribution in [0.15, 0.2) is 182 Å². The number of benzene rings is 6. The molecular formula is C54H35N. The minimum Gasteiger partial charge on any atom is -0.256 e. The number of nitrogens with zero attached hydrogens (tertiary/aromatic N) is 1. The van der Waals surface area contributed by atoms with E-state index in [1.54, 1.807) is 0 Å². The molecule has 1 heterocycles. The summed E-state index contributed by atoms with van der Waals surface area (Å²) < 4.78 is 0. The number of fused-ring (bicyclic) bond motifs is 10. The average molecular weight is 698 g/mol. The first kappa shape index (κ1) is 29.8. The van der Waals surface area contributed by atoms with E-state index in [1.165, 1.54) is 99.5 Å². The minimum absolute atomic E-state index is 0.273. The molecule has 0 N–H and O–H groups in total. The van der Waals surface area contributed by atoms with Crippen LogP contribution in [0.5, 0.6) is 0 Å². The zero-order chi connectivity index (χ0) is 35.8. The van der Waals surface area contributed by atoms with Crippen LogP contribution in [0.4, 0.5) is 0 Å². The SMILES string of the molecule is C1=CC2C=CC=C(C3C=Cc4ccc5c(-c6ccc7c(c6)-c6ncccc6C76c7ccccc7-c7cccc8cccc6c78)ccc6c5c4C3=CC6)C2C=C1. The third-order valence-corrected chi connectivity index (χ3v) is 13.6. The predicted molar refractivity (Wildman–Crippen MR) is 228 cm³/mol. The zero-order valence-corrected chi connectivity index (χ0v) is 30.2. The highest BCUT2D eigenvalue weighted by Gasteiger charge is 2.50. The summed E-state index contributed by atoms with van der Waals surface area (Å²) >= 11 is 0. The van der Waals surface area contributed by atoms with Crippen molar-refractivity contribution in [2.45, 2.75) is 11.8 Å². The van der Waals surface area contributed by atoms with Gasteiger partial charge in [0.15, 0.2) is 0 Å². The number of pyridine rings is 1. The van der Waals surface area contributed by atoms with Crippen LogP contribution in [-0.2, 0) is 11.8 Å². The molecule has 0 saturated carbocycles. The van der Waals surface area contributed by atoms with Crippen LogP contribution >= 0.6 is 0 Å². The highest BCUT2D eigenvalue weighted by Crippen LogP contribution is 2.62. The Morgan fingerprint density at radius 1 is 0.600 bits per heavy atom. The van der Waals surface area contributed by atoms with Gasteiger partial charge in [0.1, 0.15) is 0 Å². The molecule has 13 rings (SSSR count). The molecule has 1 spiro atoms. The Kier molecular flexibility index (Phi) is 5.84. The lowest BCUT2D eigenvalue weighted by atomic mass is 9.61. The fourth-order valence-corrected chi connectivity index (χ4v) is 11.4. The van der Waals surface area contributed by atoms with Crippen molar-refractivity contribution in [3.63, 3.8) is 0 Å². The van der Waals surface area contributed by atoms with Gasteiger partial charge in [-0.2, -0.15) is 0 Å². The first-order valence-corrected chi connectivity index (χ1v) is 19.7. The number of rotatable bonds is 2. The van der Waals surface area contributed by atoms with E-state index < -0.39 is 5.41 Å². The van der Waals surface area contributed by atoms with Crippen LogP contribution in [0.3, 0.4) is 0 Å². The summed E-state index contributed by atoms with van der Waals surface area (Å²) in [7, 11) is 0. The topological polar surface area (TPSA) is 12.9 Å². The average Bonchev–Trinajstić information content (AvgIpc) is 3.54. The smallest absolute Gasteiger partial charge is 0.0753 e. The fraction of sp³-hybridized carbons (Fsp3) is 0.0926. The number of aromatic nitrogens is 1. The molecule has 4 atom stereocenters. The fourth-order valence-electron chi connectivity index (χ4n) is 11.4. The van der Waals surface area contributed by atoms with Crippen LogP contribution < -0.4 is 0 Å². The molecule has 7 aromatic rings. The molecule has 256 valence electrons. The standard InChI is InChI=1S/C54H35N/c1-2-13-37-32(9-1)10-5-15-39(37)40-26-21-35-22-27-43-38(25-20-34-23-28-44(40)52(35)51(34)43)36-24-29-47-45(31-36)53-49(19-8-30-55-53)54(47)46-17-4-3-14-41(46)42-16-6-11-33-12-7-18-48(54)50(33)42/h1-22,24-32,37,40H,23H2. The van der Waals surface area contributed by atoms with Crippen LogP contribution in [0.1, 0.15) is 38.9 Å². The molecule has 0 saturated heterocycles. The summed E-state index contributed by atoms with van der Waals surface area (Å²) in [5, 5.41) is 5.38. The second kappa shape index (κ2) is 10.8. The lowest BCUT2D eigenvalue weighted by Crippen LogP contribution is -2.31. The van der Waals surface area contributed by atoms with Gasteiger partial charge < -0.3 is 0 Å². The Hall–Kier alpha value is -6.57. The van der Waals surface area contributed by atoms with Gasteiger partial charge in [0.25, 0.3) is 0 Å². The Morgan fingerprint density at radius 2 is 1.44 bits per heavy atom. The minimum atomic E-state index is -0.458. The van der Waals surface area contributed by atoms with E-state index in [1.807, 2.05) is 6.20 Å². The third-order valence-electron chi connectivity index (χ3n) is 13.6. The summed E-state index contributed by atoms with van der Waals surface area (Å²) in [6.07, 6.45) is 26.4. The van der Waals surface area contributed by atoms with Crippen molar-refractivity contribution in [3.05, 3.63) is 221 Å². The van der Waals surface area contributed by atoms with Crippen LogP contribution in [0.25, 0.3) is 66.7 Å². The summed E-state index contributed by atoms with van der Waals surface area (Å²) in [4.78, 5) is 5.18. The molecule has 0 bridgehead atoms. The third kappa shape index (κ3) is 3.76. The van der Waals surface area contributed by atoms with Gasteiger partial charge >= 0.3 is 0 Å². The maximum atomic E-state index is 5.18. The molecule has 1 heteroatoms. The van der Waals surface area contributed by atoms with Gasteiger partial charge in [0.05, 0.1) is 11.1 Å². The van der Waals surface area contributed by atoms with E-state index in [2.05, 4.69) is 176 Å². The molecule has 0 aliphatic heterocycles. The van der Waals surface area contributed by atoms with Crippen LogP contribution in [0, 0.1) is 17.8 Å². The van der Waals surface area contributed by atoms with Crippen molar-refractivity contribution in [2.24, 2.45) is 17.8 Å². The Balaban J connectivity index is 1.01. The molecule has 1 nitrogen and oxygen atoms in total. The summed E-state index contributed by atoms with van der Waals surface area (Å²) in [6, 6.07) is 43.9. The van der Waals surface area contributed by atoms with E-state index in [9.17, 15) is 0 Å². The van der Waals surface area contributed by atoms with Crippen molar-refractivity contribution in [3.8, 4) is 33.5 Å². The Bertz CT molecular complexity index is 3080. The van der Waals surface area contributed by atoms with Gasteiger partial charge in [0, 0.05) is 29.5 Å². The van der Waals surface area contributed by atoms with Crippen molar-refractivity contribution in [1.29, 1.82) is 0 Å². The zero-order valence-electron chi connectivity index (χ0n) is 30.2. The van der Waals surface area contributed by atoms with Crippen molar-refractivity contribution >= 4 is 33.2 Å². The molecule has 6 aliphatic rings. The van der Waals surface area contributed by atoms with E-state index in [0.717, 1.165) is 12.1 Å². The van der Waals surface area contributed by atoms with Gasteiger partial charge in [-0.1, -0.05) is 169 Å². The first-order valence-electron chi connectivity index (χ1n) is 19.7. The number of hydrogen-bond acceptors (Lipinski definition) is 1. The normalized spacial score (nSPS) is 22.7. The molecule has 6 aliphatic carbocycles. The van der Waals surface area contributed by atoms with Crippen molar-refractivity contribution < 1.29 is 0 Å².